The van der Waals surface area contributed by atoms with E-state index in [4.69, 9.17) is 4.74 Å². The summed E-state index contributed by atoms with van der Waals surface area (Å²) in [5, 5.41) is 3.09. The summed E-state index contributed by atoms with van der Waals surface area (Å²) >= 11 is 0. The number of nitrogens with zero attached hydrogens (tertiary/aromatic N) is 2. The molecule has 3 unspecified atom stereocenters. The summed E-state index contributed by atoms with van der Waals surface area (Å²) in [5.41, 5.74) is 2.58. The molecule has 0 saturated heterocycles. The van der Waals surface area contributed by atoms with Crippen LogP contribution in [-0.2, 0) is 11.4 Å². The van der Waals surface area contributed by atoms with Gasteiger partial charge in [-0.3, -0.25) is 4.79 Å². The van der Waals surface area contributed by atoms with Gasteiger partial charge in [0.1, 0.15) is 18.0 Å². The van der Waals surface area contributed by atoms with E-state index in [0.29, 0.717) is 12.5 Å². The van der Waals surface area contributed by atoms with E-state index >= 15 is 0 Å². The second-order valence-corrected chi connectivity index (χ2v) is 7.79. The maximum Gasteiger partial charge on any atom is 0.227 e. The average molecular weight is 361 g/mol. The molecule has 2 aliphatic carbocycles. The van der Waals surface area contributed by atoms with Crippen LogP contribution in [0.2, 0.25) is 0 Å². The maximum absolute atomic E-state index is 12.6. The fourth-order valence-corrected chi connectivity index (χ4v) is 4.68. The number of imidazole rings is 1. The quantitative estimate of drug-likeness (QED) is 0.738. The molecule has 5 heteroatoms. The summed E-state index contributed by atoms with van der Waals surface area (Å²) in [6.07, 6.45) is 8.75. The second-order valence-electron chi connectivity index (χ2n) is 7.79. The van der Waals surface area contributed by atoms with Crippen LogP contribution in [0, 0.1) is 17.8 Å². The molecule has 2 heterocycles. The lowest BCUT2D eigenvalue weighted by Gasteiger charge is -2.20. The van der Waals surface area contributed by atoms with Crippen LogP contribution in [0.1, 0.15) is 31.4 Å². The zero-order valence-corrected chi connectivity index (χ0v) is 15.2. The first kappa shape index (κ1) is 16.4. The number of amides is 1. The molecule has 2 bridgehead atoms. The second kappa shape index (κ2) is 6.72. The van der Waals surface area contributed by atoms with Gasteiger partial charge in [0.15, 0.2) is 0 Å². The normalized spacial score (nSPS) is 23.6. The highest BCUT2D eigenvalue weighted by molar-refractivity contribution is 5.93. The molecule has 1 amide bonds. The van der Waals surface area contributed by atoms with E-state index in [9.17, 15) is 4.79 Å². The van der Waals surface area contributed by atoms with Crippen LogP contribution in [-0.4, -0.2) is 15.3 Å². The molecular formula is C22H23N3O2. The highest BCUT2D eigenvalue weighted by Gasteiger charge is 2.42. The highest BCUT2D eigenvalue weighted by atomic mass is 16.5. The minimum Gasteiger partial charge on any atom is -0.487 e. The number of fused-ring (bicyclic) bond motifs is 3. The van der Waals surface area contributed by atoms with Crippen molar-refractivity contribution in [3.8, 4) is 5.75 Å². The highest BCUT2D eigenvalue weighted by Crippen LogP contribution is 2.48. The number of hydrogen-bond donors (Lipinski definition) is 1. The number of nitrogens with one attached hydrogen (secondary N) is 1. The third kappa shape index (κ3) is 3.29. The predicted molar refractivity (Wildman–Crippen MR) is 104 cm³/mol. The van der Waals surface area contributed by atoms with Crippen molar-refractivity contribution in [2.75, 3.05) is 5.32 Å². The molecule has 3 atom stereocenters. The Labute approximate surface area is 158 Å². The first-order valence-corrected chi connectivity index (χ1v) is 9.71. The van der Waals surface area contributed by atoms with Crippen LogP contribution >= 0.6 is 0 Å². The van der Waals surface area contributed by atoms with Gasteiger partial charge in [0, 0.05) is 30.1 Å². The number of carbonyl (C=O) groups excluding carboxylic acids is 1. The standard InChI is InChI=1S/C22H23N3O2/c26-22(20-11-15-7-8-16(20)10-15)24-17-4-3-5-19(12-17)27-14-18-13-25-9-2-1-6-21(25)23-18/h1-6,9,12-13,15-16,20H,7-8,10-11,14H2,(H,24,26). The SMILES string of the molecule is O=C(Nc1cccc(OCc2cn3ccccc3n2)c1)C1CC2CCC1C2. The lowest BCUT2D eigenvalue weighted by atomic mass is 9.88. The minimum absolute atomic E-state index is 0.166. The molecular weight excluding hydrogens is 338 g/mol. The van der Waals surface area contributed by atoms with E-state index in [2.05, 4.69) is 10.3 Å². The molecule has 0 aliphatic heterocycles. The number of benzene rings is 1. The lowest BCUT2D eigenvalue weighted by Crippen LogP contribution is -2.27. The van der Waals surface area contributed by atoms with Gasteiger partial charge < -0.3 is 14.5 Å². The van der Waals surface area contributed by atoms with E-state index in [1.54, 1.807) is 0 Å². The van der Waals surface area contributed by atoms with Crippen molar-refractivity contribution in [1.82, 2.24) is 9.38 Å². The van der Waals surface area contributed by atoms with Gasteiger partial charge in [0.25, 0.3) is 0 Å². The van der Waals surface area contributed by atoms with Gasteiger partial charge in [-0.05, 0) is 55.4 Å². The number of aromatic nitrogens is 2. The average Bonchev–Trinajstić information content (AvgIpc) is 3.41. The van der Waals surface area contributed by atoms with Crippen LogP contribution < -0.4 is 10.1 Å². The van der Waals surface area contributed by atoms with Crippen molar-refractivity contribution in [1.29, 1.82) is 0 Å². The number of pyridine rings is 1. The largest absolute Gasteiger partial charge is 0.487 e. The molecule has 1 aromatic carbocycles. The molecule has 27 heavy (non-hydrogen) atoms. The van der Waals surface area contributed by atoms with Crippen LogP contribution in [0.4, 0.5) is 5.69 Å². The summed E-state index contributed by atoms with van der Waals surface area (Å²) in [4.78, 5) is 17.2. The number of ether oxygens (including phenoxy) is 1. The van der Waals surface area contributed by atoms with E-state index in [1.165, 1.54) is 19.3 Å². The Kier molecular flexibility index (Phi) is 4.07. The van der Waals surface area contributed by atoms with Gasteiger partial charge in [-0.15, -0.1) is 0 Å². The third-order valence-electron chi connectivity index (χ3n) is 5.98. The molecule has 5 nitrogen and oxygen atoms in total. The Hall–Kier alpha value is -2.82. The summed E-state index contributed by atoms with van der Waals surface area (Å²) in [6.45, 7) is 0.394. The monoisotopic (exact) mass is 361 g/mol. The van der Waals surface area contributed by atoms with Gasteiger partial charge in [0.2, 0.25) is 5.91 Å². The van der Waals surface area contributed by atoms with Crippen LogP contribution in [0.15, 0.2) is 54.9 Å². The molecule has 2 aromatic heterocycles. The Balaban J connectivity index is 1.23. The summed E-state index contributed by atoms with van der Waals surface area (Å²) < 4.78 is 7.87. The van der Waals surface area contributed by atoms with Crippen molar-refractivity contribution < 1.29 is 9.53 Å². The van der Waals surface area contributed by atoms with Crippen LogP contribution in [0.5, 0.6) is 5.75 Å². The molecule has 2 aliphatic rings. The number of anilines is 1. The van der Waals surface area contributed by atoms with Crippen LogP contribution in [0.3, 0.4) is 0 Å². The Morgan fingerprint density at radius 1 is 1.19 bits per heavy atom. The molecule has 0 radical (unpaired) electrons. The van der Waals surface area contributed by atoms with E-state index < -0.39 is 0 Å². The first-order chi connectivity index (χ1) is 13.2. The lowest BCUT2D eigenvalue weighted by molar-refractivity contribution is -0.121. The smallest absolute Gasteiger partial charge is 0.227 e. The maximum atomic E-state index is 12.6. The molecule has 2 saturated carbocycles. The summed E-state index contributed by atoms with van der Waals surface area (Å²) in [5.74, 6) is 2.44. The Bertz CT molecular complexity index is 947. The first-order valence-electron chi connectivity index (χ1n) is 9.71. The number of rotatable bonds is 5. The number of carbonyl (C=O) groups is 1. The van der Waals surface area contributed by atoms with Crippen LogP contribution in [0.25, 0.3) is 5.65 Å². The van der Waals surface area contributed by atoms with Crippen molar-refractivity contribution in [3.05, 3.63) is 60.6 Å². The molecule has 138 valence electrons. The number of hydrogen-bond acceptors (Lipinski definition) is 3. The van der Waals surface area contributed by atoms with Crippen molar-refractivity contribution in [2.45, 2.75) is 32.3 Å². The predicted octanol–water partition coefficient (Wildman–Crippen LogP) is 4.29. The molecule has 0 spiro atoms. The third-order valence-corrected chi connectivity index (χ3v) is 5.98. The molecule has 3 aromatic rings. The minimum atomic E-state index is 0.166. The zero-order valence-electron chi connectivity index (χ0n) is 15.2. The summed E-state index contributed by atoms with van der Waals surface area (Å²) in [7, 11) is 0. The molecule has 2 fully saturated rings. The fraction of sp³-hybridized carbons (Fsp3) is 0.364. The van der Waals surface area contributed by atoms with Gasteiger partial charge in [-0.25, -0.2) is 4.98 Å². The topological polar surface area (TPSA) is 55.6 Å². The Morgan fingerprint density at radius 3 is 2.96 bits per heavy atom. The van der Waals surface area contributed by atoms with E-state index in [1.807, 2.05) is 59.3 Å². The van der Waals surface area contributed by atoms with Gasteiger partial charge in [0.05, 0.1) is 5.69 Å². The molecule has 5 rings (SSSR count). The molecule has 1 N–H and O–H groups in total. The van der Waals surface area contributed by atoms with E-state index in [-0.39, 0.29) is 11.8 Å². The fourth-order valence-electron chi connectivity index (χ4n) is 4.68. The van der Waals surface area contributed by atoms with Crippen molar-refractivity contribution in [2.24, 2.45) is 17.8 Å². The van der Waals surface area contributed by atoms with Gasteiger partial charge >= 0.3 is 0 Å². The summed E-state index contributed by atoms with van der Waals surface area (Å²) in [6, 6.07) is 13.5. The Morgan fingerprint density at radius 2 is 2.15 bits per heavy atom. The van der Waals surface area contributed by atoms with Crippen molar-refractivity contribution >= 4 is 17.2 Å². The van der Waals surface area contributed by atoms with Gasteiger partial charge in [-0.1, -0.05) is 18.6 Å². The van der Waals surface area contributed by atoms with Crippen molar-refractivity contribution in [3.63, 3.8) is 0 Å². The van der Waals surface area contributed by atoms with E-state index in [0.717, 1.165) is 35.1 Å². The van der Waals surface area contributed by atoms with Gasteiger partial charge in [-0.2, -0.15) is 0 Å². The zero-order chi connectivity index (χ0) is 18.2.